The highest BCUT2D eigenvalue weighted by atomic mass is 16.5. The Balaban J connectivity index is 1.82. The van der Waals surface area contributed by atoms with Crippen molar-refractivity contribution >= 4 is 17.5 Å². The average Bonchev–Trinajstić information content (AvgIpc) is 2.71. The van der Waals surface area contributed by atoms with Crippen LogP contribution in [-0.4, -0.2) is 35.0 Å². The van der Waals surface area contributed by atoms with Crippen LogP contribution in [0.2, 0.25) is 0 Å². The first-order valence-corrected chi connectivity index (χ1v) is 8.79. The van der Waals surface area contributed by atoms with Gasteiger partial charge in [-0.1, -0.05) is 12.1 Å². The lowest BCUT2D eigenvalue weighted by molar-refractivity contribution is -0.136. The minimum atomic E-state index is -0.619. The first-order valence-electron chi connectivity index (χ1n) is 8.79. The van der Waals surface area contributed by atoms with E-state index >= 15 is 0 Å². The van der Waals surface area contributed by atoms with Crippen LogP contribution < -0.4 is 25.5 Å². The minimum absolute atomic E-state index is 0.00970. The first kappa shape index (κ1) is 18.5. The summed E-state index contributed by atoms with van der Waals surface area (Å²) in [6.07, 6.45) is 1.59. The molecule has 1 atom stereocenters. The van der Waals surface area contributed by atoms with Crippen LogP contribution in [0.5, 0.6) is 17.4 Å². The van der Waals surface area contributed by atoms with Gasteiger partial charge in [-0.2, -0.15) is 4.98 Å². The third kappa shape index (κ3) is 3.38. The molecule has 9 heteroatoms. The van der Waals surface area contributed by atoms with Gasteiger partial charge in [0, 0.05) is 12.1 Å². The Labute approximate surface area is 164 Å². The second kappa shape index (κ2) is 7.27. The number of ether oxygens (including phenoxy) is 3. The molecule has 0 bridgehead atoms. The van der Waals surface area contributed by atoms with E-state index in [0.29, 0.717) is 28.3 Å². The number of amides is 1. The van der Waals surface area contributed by atoms with Crippen molar-refractivity contribution in [2.24, 2.45) is 5.73 Å². The van der Waals surface area contributed by atoms with Crippen molar-refractivity contribution in [3.05, 3.63) is 64.1 Å². The number of primary amides is 1. The lowest BCUT2D eigenvalue weighted by Crippen LogP contribution is -2.31. The van der Waals surface area contributed by atoms with Gasteiger partial charge in [0.2, 0.25) is 5.88 Å². The molecule has 9 nitrogen and oxygen atoms in total. The van der Waals surface area contributed by atoms with Crippen molar-refractivity contribution in [2.75, 3.05) is 13.7 Å². The topological polar surface area (TPSA) is 122 Å². The van der Waals surface area contributed by atoms with Gasteiger partial charge in [-0.25, -0.2) is 0 Å². The summed E-state index contributed by atoms with van der Waals surface area (Å²) >= 11 is 0. The smallest absolute Gasteiger partial charge is 0.313 e. The van der Waals surface area contributed by atoms with Gasteiger partial charge in [0.1, 0.15) is 5.65 Å². The summed E-state index contributed by atoms with van der Waals surface area (Å²) in [6, 6.07) is 10.1. The molecule has 0 spiro atoms. The van der Waals surface area contributed by atoms with Crippen molar-refractivity contribution < 1.29 is 23.8 Å². The maximum Gasteiger partial charge on any atom is 0.313 e. The summed E-state index contributed by atoms with van der Waals surface area (Å²) in [6.45, 7) is -0.300. The molecule has 3 aromatic rings. The van der Waals surface area contributed by atoms with Crippen molar-refractivity contribution in [2.45, 2.75) is 12.3 Å². The predicted molar refractivity (Wildman–Crippen MR) is 101 cm³/mol. The molecule has 0 saturated heterocycles. The van der Waals surface area contributed by atoms with E-state index in [9.17, 15) is 14.4 Å². The lowest BCUT2D eigenvalue weighted by atomic mass is 9.88. The van der Waals surface area contributed by atoms with Crippen LogP contribution in [0.4, 0.5) is 0 Å². The quantitative estimate of drug-likeness (QED) is 0.640. The minimum Gasteiger partial charge on any atom is -0.493 e. The van der Waals surface area contributed by atoms with Gasteiger partial charge in [0.25, 0.3) is 11.5 Å². The Hall–Kier alpha value is -3.88. The third-order valence-electron chi connectivity index (χ3n) is 4.62. The molecule has 1 amide bonds. The Morgan fingerprint density at radius 2 is 2.10 bits per heavy atom. The van der Waals surface area contributed by atoms with Crippen LogP contribution in [0, 0.1) is 0 Å². The molecule has 29 heavy (non-hydrogen) atoms. The zero-order valence-electron chi connectivity index (χ0n) is 15.5. The molecule has 3 heterocycles. The summed E-state index contributed by atoms with van der Waals surface area (Å²) in [5.41, 5.74) is 6.13. The average molecular weight is 395 g/mol. The number of carbonyl (C=O) groups is 2. The van der Waals surface area contributed by atoms with E-state index in [2.05, 4.69) is 4.98 Å². The molecule has 0 radical (unpaired) electrons. The highest BCUT2D eigenvalue weighted by Crippen LogP contribution is 2.39. The fourth-order valence-electron chi connectivity index (χ4n) is 3.33. The third-order valence-corrected chi connectivity index (χ3v) is 4.62. The second-order valence-corrected chi connectivity index (χ2v) is 6.46. The van der Waals surface area contributed by atoms with Gasteiger partial charge in [-0.3, -0.25) is 18.8 Å². The number of fused-ring (bicyclic) bond motifs is 2. The largest absolute Gasteiger partial charge is 0.493 e. The first-order chi connectivity index (χ1) is 14.0. The van der Waals surface area contributed by atoms with Crippen molar-refractivity contribution in [1.82, 2.24) is 9.38 Å². The monoisotopic (exact) mass is 395 g/mol. The standard InChI is InChI=1S/C20H17N3O6/c1-27-14-8-11(5-6-13(14)28-10-15(21)24)12-9-17(25)29-19-18(12)20(26)23-7-3-2-4-16(23)22-19/h2-8,12H,9-10H2,1H3,(H2,21,24)/t12-/m1/s1. The van der Waals surface area contributed by atoms with Crippen molar-refractivity contribution in [1.29, 1.82) is 0 Å². The Bertz CT molecular complexity index is 1190. The Morgan fingerprint density at radius 1 is 1.28 bits per heavy atom. The summed E-state index contributed by atoms with van der Waals surface area (Å²) in [7, 11) is 1.45. The highest BCUT2D eigenvalue weighted by Gasteiger charge is 2.33. The van der Waals surface area contributed by atoms with E-state index in [1.165, 1.54) is 11.5 Å². The van der Waals surface area contributed by atoms with Gasteiger partial charge in [-0.15, -0.1) is 0 Å². The molecule has 1 aliphatic heterocycles. The fraction of sp³-hybridized carbons (Fsp3) is 0.200. The van der Waals surface area contributed by atoms with E-state index in [1.807, 2.05) is 0 Å². The van der Waals surface area contributed by atoms with Gasteiger partial charge in [0.15, 0.2) is 18.1 Å². The number of hydrogen-bond acceptors (Lipinski definition) is 7. The number of rotatable bonds is 5. The summed E-state index contributed by atoms with van der Waals surface area (Å²) < 4.78 is 17.3. The van der Waals surface area contributed by atoms with Crippen molar-refractivity contribution in [3.8, 4) is 17.4 Å². The van der Waals surface area contributed by atoms with Crippen LogP contribution in [0.3, 0.4) is 0 Å². The normalized spacial score (nSPS) is 15.5. The zero-order valence-corrected chi connectivity index (χ0v) is 15.5. The molecule has 1 aliphatic rings. The van der Waals surface area contributed by atoms with Crippen molar-refractivity contribution in [3.63, 3.8) is 0 Å². The Morgan fingerprint density at radius 3 is 2.86 bits per heavy atom. The predicted octanol–water partition coefficient (Wildman–Crippen LogP) is 1.01. The fourth-order valence-corrected chi connectivity index (χ4v) is 3.33. The maximum absolute atomic E-state index is 13.1. The summed E-state index contributed by atoms with van der Waals surface area (Å²) in [4.78, 5) is 40.6. The maximum atomic E-state index is 13.1. The summed E-state index contributed by atoms with van der Waals surface area (Å²) in [5, 5.41) is 0. The molecule has 0 aliphatic carbocycles. The number of carbonyl (C=O) groups excluding carboxylic acids is 2. The van der Waals surface area contributed by atoms with Gasteiger partial charge < -0.3 is 19.9 Å². The Kier molecular flexibility index (Phi) is 4.63. The molecule has 2 N–H and O–H groups in total. The number of hydrogen-bond donors (Lipinski definition) is 1. The van der Waals surface area contributed by atoms with E-state index in [1.54, 1.807) is 42.6 Å². The van der Waals surface area contributed by atoms with Crippen LogP contribution in [0.1, 0.15) is 23.5 Å². The molecular weight excluding hydrogens is 378 g/mol. The molecular formula is C20H17N3O6. The van der Waals surface area contributed by atoms with E-state index in [4.69, 9.17) is 19.9 Å². The summed E-state index contributed by atoms with van der Waals surface area (Å²) in [5.74, 6) is -0.994. The number of methoxy groups -OCH3 is 1. The van der Waals surface area contributed by atoms with Gasteiger partial charge in [0.05, 0.1) is 19.1 Å². The van der Waals surface area contributed by atoms with E-state index in [-0.39, 0.29) is 24.5 Å². The number of aromatic nitrogens is 2. The molecule has 0 unspecified atom stereocenters. The molecule has 0 fully saturated rings. The van der Waals surface area contributed by atoms with Crippen LogP contribution in [-0.2, 0) is 9.59 Å². The number of nitrogens with zero attached hydrogens (tertiary/aromatic N) is 2. The molecule has 4 rings (SSSR count). The highest BCUT2D eigenvalue weighted by molar-refractivity contribution is 5.77. The van der Waals surface area contributed by atoms with Crippen LogP contribution in [0.15, 0.2) is 47.4 Å². The molecule has 0 saturated carbocycles. The number of esters is 1. The lowest BCUT2D eigenvalue weighted by Gasteiger charge is -2.24. The molecule has 2 aromatic heterocycles. The van der Waals surface area contributed by atoms with Crippen LogP contribution in [0.25, 0.3) is 5.65 Å². The van der Waals surface area contributed by atoms with Crippen LogP contribution >= 0.6 is 0 Å². The molecule has 1 aromatic carbocycles. The molecule has 148 valence electrons. The SMILES string of the molecule is COc1cc([C@H]2CC(=O)Oc3nc4ccccn4c(=O)c32)ccc1OCC(N)=O. The number of pyridine rings is 1. The number of benzene rings is 1. The van der Waals surface area contributed by atoms with Gasteiger partial charge in [-0.05, 0) is 29.8 Å². The van der Waals surface area contributed by atoms with E-state index in [0.717, 1.165) is 0 Å². The van der Waals surface area contributed by atoms with Gasteiger partial charge >= 0.3 is 5.97 Å². The second-order valence-electron chi connectivity index (χ2n) is 6.46. The zero-order chi connectivity index (χ0) is 20.5. The number of nitrogens with two attached hydrogens (primary N) is 1. The van der Waals surface area contributed by atoms with E-state index < -0.39 is 17.8 Å².